The van der Waals surface area contributed by atoms with Gasteiger partial charge in [-0.15, -0.1) is 0 Å². The molecule has 6 nitrogen and oxygen atoms in total. The van der Waals surface area contributed by atoms with E-state index < -0.39 is 0 Å². The fraction of sp³-hybridized carbons (Fsp3) is 0.429. The van der Waals surface area contributed by atoms with Crippen molar-refractivity contribution in [2.45, 2.75) is 59.0 Å². The molecule has 3 aromatic rings. The molecule has 0 saturated carbocycles. The van der Waals surface area contributed by atoms with E-state index >= 15 is 0 Å². The lowest BCUT2D eigenvalue weighted by Gasteiger charge is -2.31. The Morgan fingerprint density at radius 3 is 2.44 bits per heavy atom. The maximum atomic E-state index is 13.8. The van der Waals surface area contributed by atoms with E-state index in [-0.39, 0.29) is 11.9 Å². The van der Waals surface area contributed by atoms with Gasteiger partial charge in [0.1, 0.15) is 5.75 Å². The molecule has 1 aliphatic rings. The fourth-order valence-corrected chi connectivity index (χ4v) is 4.90. The SMILES string of the molecule is CCCC1CCN(C(=O)c2nn(-c3ccccc3Cl)c(Oc3ccc(Cl)cc3)c2CNC(C)C)CC1. The summed E-state index contributed by atoms with van der Waals surface area (Å²) in [5.41, 5.74) is 1.75. The van der Waals surface area contributed by atoms with E-state index in [0.717, 1.165) is 25.9 Å². The third kappa shape index (κ3) is 6.23. The highest BCUT2D eigenvalue weighted by atomic mass is 35.5. The quantitative estimate of drug-likeness (QED) is 0.321. The van der Waals surface area contributed by atoms with Crippen molar-refractivity contribution in [3.63, 3.8) is 0 Å². The highest BCUT2D eigenvalue weighted by Crippen LogP contribution is 2.35. The van der Waals surface area contributed by atoms with Gasteiger partial charge in [0.15, 0.2) is 5.69 Å². The molecule has 1 amide bonds. The molecule has 8 heteroatoms. The average Bonchev–Trinajstić information content (AvgIpc) is 3.22. The van der Waals surface area contributed by atoms with Crippen LogP contribution in [0.15, 0.2) is 48.5 Å². The maximum absolute atomic E-state index is 13.8. The first-order valence-electron chi connectivity index (χ1n) is 12.7. The Morgan fingerprint density at radius 2 is 1.81 bits per heavy atom. The molecule has 4 rings (SSSR count). The number of amides is 1. The van der Waals surface area contributed by atoms with Gasteiger partial charge in [-0.25, -0.2) is 0 Å². The lowest BCUT2D eigenvalue weighted by molar-refractivity contribution is 0.0678. The highest BCUT2D eigenvalue weighted by Gasteiger charge is 2.31. The molecule has 192 valence electrons. The number of hydrogen-bond acceptors (Lipinski definition) is 4. The molecule has 1 saturated heterocycles. The first-order valence-corrected chi connectivity index (χ1v) is 13.5. The fourth-order valence-electron chi connectivity index (χ4n) is 4.56. The molecule has 1 fully saturated rings. The molecule has 2 aromatic carbocycles. The summed E-state index contributed by atoms with van der Waals surface area (Å²) in [6.07, 6.45) is 4.44. The lowest BCUT2D eigenvalue weighted by atomic mass is 9.92. The molecule has 2 heterocycles. The van der Waals surface area contributed by atoms with Crippen LogP contribution in [0.1, 0.15) is 62.5 Å². The summed E-state index contributed by atoms with van der Waals surface area (Å²) >= 11 is 12.7. The zero-order chi connectivity index (χ0) is 25.7. The van der Waals surface area contributed by atoms with Crippen molar-refractivity contribution in [1.29, 1.82) is 0 Å². The van der Waals surface area contributed by atoms with E-state index in [1.165, 1.54) is 12.8 Å². The van der Waals surface area contributed by atoms with Crippen LogP contribution in [0.2, 0.25) is 10.0 Å². The summed E-state index contributed by atoms with van der Waals surface area (Å²) in [5, 5.41) is 9.39. The molecule has 1 N–H and O–H groups in total. The van der Waals surface area contributed by atoms with Crippen LogP contribution in [0.5, 0.6) is 11.6 Å². The number of ether oxygens (including phenoxy) is 1. The molecule has 1 aliphatic heterocycles. The van der Waals surface area contributed by atoms with Gasteiger partial charge in [-0.3, -0.25) is 4.79 Å². The normalized spacial score (nSPS) is 14.4. The van der Waals surface area contributed by atoms with E-state index in [9.17, 15) is 4.79 Å². The van der Waals surface area contributed by atoms with Crippen LogP contribution < -0.4 is 10.1 Å². The topological polar surface area (TPSA) is 59.4 Å². The third-order valence-electron chi connectivity index (χ3n) is 6.53. The first-order chi connectivity index (χ1) is 17.4. The number of carbonyl (C=O) groups excluding carboxylic acids is 1. The van der Waals surface area contributed by atoms with Crippen molar-refractivity contribution >= 4 is 29.1 Å². The van der Waals surface area contributed by atoms with E-state index in [1.54, 1.807) is 35.0 Å². The minimum absolute atomic E-state index is 0.0720. The number of nitrogens with zero attached hydrogens (tertiary/aromatic N) is 3. The van der Waals surface area contributed by atoms with Gasteiger partial charge in [-0.1, -0.05) is 68.9 Å². The predicted octanol–water partition coefficient (Wildman–Crippen LogP) is 7.12. The Kier molecular flexibility index (Phi) is 8.94. The number of aromatic nitrogens is 2. The summed E-state index contributed by atoms with van der Waals surface area (Å²) in [7, 11) is 0. The number of para-hydroxylation sites is 1. The average molecular weight is 530 g/mol. The number of benzene rings is 2. The molecule has 0 radical (unpaired) electrons. The second kappa shape index (κ2) is 12.1. The molecule has 0 aliphatic carbocycles. The number of likely N-dealkylation sites (tertiary alicyclic amines) is 1. The van der Waals surface area contributed by atoms with Crippen molar-refractivity contribution in [1.82, 2.24) is 20.0 Å². The number of carbonyl (C=O) groups is 1. The van der Waals surface area contributed by atoms with E-state index in [2.05, 4.69) is 26.1 Å². The van der Waals surface area contributed by atoms with E-state index in [0.29, 0.717) is 51.1 Å². The molecular formula is C28H34Cl2N4O2. The molecule has 0 spiro atoms. The van der Waals surface area contributed by atoms with Crippen molar-refractivity contribution < 1.29 is 9.53 Å². The lowest BCUT2D eigenvalue weighted by Crippen LogP contribution is -2.39. The summed E-state index contributed by atoms with van der Waals surface area (Å²) in [5.74, 6) is 1.67. The van der Waals surface area contributed by atoms with Gasteiger partial charge < -0.3 is 15.0 Å². The van der Waals surface area contributed by atoms with Crippen LogP contribution in [-0.2, 0) is 6.54 Å². The number of rotatable bonds is 9. The number of hydrogen-bond donors (Lipinski definition) is 1. The van der Waals surface area contributed by atoms with Crippen LogP contribution in [0, 0.1) is 5.92 Å². The van der Waals surface area contributed by atoms with Crippen molar-refractivity contribution in [2.75, 3.05) is 13.1 Å². The van der Waals surface area contributed by atoms with Gasteiger partial charge in [0.2, 0.25) is 5.88 Å². The van der Waals surface area contributed by atoms with Gasteiger partial charge in [0.05, 0.1) is 16.3 Å². The van der Waals surface area contributed by atoms with Crippen LogP contribution in [0.4, 0.5) is 0 Å². The molecule has 0 unspecified atom stereocenters. The predicted molar refractivity (Wildman–Crippen MR) is 146 cm³/mol. The number of halogens is 2. The van der Waals surface area contributed by atoms with Gasteiger partial charge in [-0.05, 0) is 55.2 Å². The second-order valence-corrected chi connectivity index (χ2v) is 10.5. The second-order valence-electron chi connectivity index (χ2n) is 9.61. The van der Waals surface area contributed by atoms with E-state index in [4.69, 9.17) is 33.0 Å². The molecule has 0 atom stereocenters. The summed E-state index contributed by atoms with van der Waals surface area (Å²) in [6, 6.07) is 14.8. The number of piperidine rings is 1. The largest absolute Gasteiger partial charge is 0.439 e. The minimum atomic E-state index is -0.0720. The van der Waals surface area contributed by atoms with Gasteiger partial charge in [0.25, 0.3) is 5.91 Å². The standard InChI is InChI=1S/C28H34Cl2N4O2/c1-4-7-20-14-16-33(17-15-20)27(35)26-23(18-31-19(2)3)28(36-22-12-10-21(29)11-13-22)34(32-26)25-9-6-5-8-24(25)30/h5-6,8-13,19-20,31H,4,7,14-18H2,1-3H3. The minimum Gasteiger partial charge on any atom is -0.439 e. The molecular weight excluding hydrogens is 495 g/mol. The van der Waals surface area contributed by atoms with E-state index in [1.807, 2.05) is 23.1 Å². The molecule has 36 heavy (non-hydrogen) atoms. The highest BCUT2D eigenvalue weighted by molar-refractivity contribution is 6.32. The maximum Gasteiger partial charge on any atom is 0.274 e. The van der Waals surface area contributed by atoms with Crippen LogP contribution in [0.3, 0.4) is 0 Å². The monoisotopic (exact) mass is 528 g/mol. The van der Waals surface area contributed by atoms with Crippen LogP contribution in [-0.4, -0.2) is 39.7 Å². The van der Waals surface area contributed by atoms with Gasteiger partial charge in [0, 0.05) is 30.7 Å². The Morgan fingerprint density at radius 1 is 1.11 bits per heavy atom. The third-order valence-corrected chi connectivity index (χ3v) is 7.11. The smallest absolute Gasteiger partial charge is 0.274 e. The summed E-state index contributed by atoms with van der Waals surface area (Å²) in [6.45, 7) is 8.27. The Bertz CT molecular complexity index is 1170. The number of nitrogens with one attached hydrogen (secondary N) is 1. The van der Waals surface area contributed by atoms with Crippen molar-refractivity contribution in [3.05, 3.63) is 69.8 Å². The van der Waals surface area contributed by atoms with Gasteiger partial charge >= 0.3 is 0 Å². The Balaban J connectivity index is 1.77. The summed E-state index contributed by atoms with van der Waals surface area (Å²) in [4.78, 5) is 15.8. The zero-order valence-corrected chi connectivity index (χ0v) is 22.6. The molecule has 0 bridgehead atoms. The Hall–Kier alpha value is -2.54. The molecule has 1 aromatic heterocycles. The van der Waals surface area contributed by atoms with Crippen molar-refractivity contribution in [2.24, 2.45) is 5.92 Å². The van der Waals surface area contributed by atoms with Crippen LogP contribution >= 0.6 is 23.2 Å². The van der Waals surface area contributed by atoms with Crippen LogP contribution in [0.25, 0.3) is 5.69 Å². The summed E-state index contributed by atoms with van der Waals surface area (Å²) < 4.78 is 8.02. The van der Waals surface area contributed by atoms with Crippen molar-refractivity contribution in [3.8, 4) is 17.3 Å². The first kappa shape index (κ1) is 26.5. The Labute approximate surface area is 223 Å². The zero-order valence-electron chi connectivity index (χ0n) is 21.1. The van der Waals surface area contributed by atoms with Gasteiger partial charge in [-0.2, -0.15) is 9.78 Å².